The summed E-state index contributed by atoms with van der Waals surface area (Å²) in [5.74, 6) is 3.71. The Balaban J connectivity index is 0.000000924. The van der Waals surface area contributed by atoms with E-state index in [0.29, 0.717) is 0 Å². The minimum atomic E-state index is 0.839. The largest absolute Gasteiger partial charge is 0.0683 e. The van der Waals surface area contributed by atoms with Gasteiger partial charge in [0.1, 0.15) is 0 Å². The van der Waals surface area contributed by atoms with E-state index in [1.54, 1.807) is 11.1 Å². The van der Waals surface area contributed by atoms with Gasteiger partial charge in [-0.05, 0) is 66.9 Å². The minimum absolute atomic E-state index is 0.839. The summed E-state index contributed by atoms with van der Waals surface area (Å²) < 4.78 is 0. The molecule has 23 heavy (non-hydrogen) atoms. The van der Waals surface area contributed by atoms with Gasteiger partial charge in [-0.1, -0.05) is 77.6 Å². The Morgan fingerprint density at radius 3 is 1.70 bits per heavy atom. The molecule has 2 saturated carbocycles. The third kappa shape index (κ3) is 5.66. The summed E-state index contributed by atoms with van der Waals surface area (Å²) in [6, 6.07) is 9.71. The van der Waals surface area contributed by atoms with Gasteiger partial charge in [0.15, 0.2) is 0 Å². The van der Waals surface area contributed by atoms with Crippen LogP contribution in [0.3, 0.4) is 0 Å². The summed E-state index contributed by atoms with van der Waals surface area (Å²) in [6.07, 6.45) is 12.8. The number of hydrogen-bond acceptors (Lipinski definition) is 0. The maximum Gasteiger partial charge on any atom is -0.0162 e. The minimum Gasteiger partial charge on any atom is -0.0683 e. The monoisotopic (exact) mass is 314 g/mol. The smallest absolute Gasteiger partial charge is 0.0162 e. The molecule has 2 aliphatic carbocycles. The average molecular weight is 315 g/mol. The van der Waals surface area contributed by atoms with Crippen LogP contribution in [0.4, 0.5) is 0 Å². The van der Waals surface area contributed by atoms with Crippen LogP contribution >= 0.6 is 0 Å². The van der Waals surface area contributed by atoms with Crippen LogP contribution in [0.1, 0.15) is 96.1 Å². The maximum atomic E-state index is 2.43. The van der Waals surface area contributed by atoms with Crippen LogP contribution in [0, 0.1) is 17.8 Å². The maximum absolute atomic E-state index is 2.43. The predicted molar refractivity (Wildman–Crippen MR) is 103 cm³/mol. The lowest BCUT2D eigenvalue weighted by Crippen LogP contribution is -2.14. The van der Waals surface area contributed by atoms with Gasteiger partial charge in [-0.2, -0.15) is 0 Å². The van der Waals surface area contributed by atoms with E-state index in [-0.39, 0.29) is 0 Å². The van der Waals surface area contributed by atoms with Gasteiger partial charge in [-0.3, -0.25) is 0 Å². The van der Waals surface area contributed by atoms with E-state index >= 15 is 0 Å². The summed E-state index contributed by atoms with van der Waals surface area (Å²) in [7, 11) is 0. The van der Waals surface area contributed by atoms with E-state index in [4.69, 9.17) is 0 Å². The van der Waals surface area contributed by atoms with E-state index in [0.717, 1.165) is 23.7 Å². The molecule has 0 bridgehead atoms. The fraction of sp³-hybridized carbons (Fsp3) is 0.739. The van der Waals surface area contributed by atoms with Crippen molar-refractivity contribution in [1.82, 2.24) is 0 Å². The van der Waals surface area contributed by atoms with E-state index in [1.807, 2.05) is 13.8 Å². The molecule has 1 aromatic rings. The Kier molecular flexibility index (Phi) is 7.66. The molecule has 2 fully saturated rings. The van der Waals surface area contributed by atoms with Crippen LogP contribution < -0.4 is 0 Å². The Labute approximate surface area is 145 Å². The van der Waals surface area contributed by atoms with E-state index in [2.05, 4.69) is 38.1 Å². The van der Waals surface area contributed by atoms with Crippen LogP contribution in [-0.2, 0) is 6.42 Å². The standard InChI is InChI=1S/C21H32.C2H6/c1-16-3-7-18(8-4-16)15-19-9-13-21(14-10-19)20-11-5-17(2)6-12-20;1-2/h9-10,13-14,16-18,20H,3-8,11-12,15H2,1-2H3;1-2H3. The van der Waals surface area contributed by atoms with E-state index in [1.165, 1.54) is 57.8 Å². The second-order valence-electron chi connectivity index (χ2n) is 8.03. The molecule has 0 amide bonds. The summed E-state index contributed by atoms with van der Waals surface area (Å²) in [4.78, 5) is 0. The zero-order valence-corrected chi connectivity index (χ0v) is 16.0. The van der Waals surface area contributed by atoms with Crippen LogP contribution in [-0.4, -0.2) is 0 Å². The predicted octanol–water partition coefficient (Wildman–Crippen LogP) is 7.38. The lowest BCUT2D eigenvalue weighted by molar-refractivity contribution is 0.289. The van der Waals surface area contributed by atoms with Gasteiger partial charge in [0.25, 0.3) is 0 Å². The highest BCUT2D eigenvalue weighted by molar-refractivity contribution is 5.26. The van der Waals surface area contributed by atoms with Crippen molar-refractivity contribution in [2.75, 3.05) is 0 Å². The first-order valence-electron chi connectivity index (χ1n) is 10.3. The molecule has 0 radical (unpaired) electrons. The fourth-order valence-electron chi connectivity index (χ4n) is 4.39. The van der Waals surface area contributed by atoms with Crippen molar-refractivity contribution < 1.29 is 0 Å². The highest BCUT2D eigenvalue weighted by atomic mass is 14.3. The Morgan fingerprint density at radius 2 is 1.17 bits per heavy atom. The first-order chi connectivity index (χ1) is 11.2. The van der Waals surface area contributed by atoms with Crippen LogP contribution in [0.25, 0.3) is 0 Å². The molecule has 0 heteroatoms. The van der Waals surface area contributed by atoms with Gasteiger partial charge in [-0.15, -0.1) is 0 Å². The molecule has 0 atom stereocenters. The molecule has 0 unspecified atom stereocenters. The molecule has 0 spiro atoms. The molecule has 130 valence electrons. The Bertz CT molecular complexity index is 414. The first-order valence-corrected chi connectivity index (χ1v) is 10.3. The van der Waals surface area contributed by atoms with Gasteiger partial charge in [0, 0.05) is 0 Å². The van der Waals surface area contributed by atoms with Crippen molar-refractivity contribution in [1.29, 1.82) is 0 Å². The Hall–Kier alpha value is -0.780. The zero-order valence-electron chi connectivity index (χ0n) is 16.0. The molecule has 0 aromatic heterocycles. The summed E-state index contributed by atoms with van der Waals surface area (Å²) >= 11 is 0. The third-order valence-corrected chi connectivity index (χ3v) is 6.13. The van der Waals surface area contributed by atoms with E-state index < -0.39 is 0 Å². The van der Waals surface area contributed by atoms with Crippen molar-refractivity contribution in [2.45, 2.75) is 91.4 Å². The first kappa shape index (κ1) is 18.6. The van der Waals surface area contributed by atoms with Crippen LogP contribution in [0.15, 0.2) is 24.3 Å². The highest BCUT2D eigenvalue weighted by Crippen LogP contribution is 2.36. The quantitative estimate of drug-likeness (QED) is 0.546. The topological polar surface area (TPSA) is 0 Å². The van der Waals surface area contributed by atoms with Crippen LogP contribution in [0.2, 0.25) is 0 Å². The van der Waals surface area contributed by atoms with Crippen molar-refractivity contribution in [2.24, 2.45) is 17.8 Å². The summed E-state index contributed by atoms with van der Waals surface area (Å²) in [6.45, 7) is 8.82. The lowest BCUT2D eigenvalue weighted by Gasteiger charge is -2.27. The van der Waals surface area contributed by atoms with Gasteiger partial charge >= 0.3 is 0 Å². The van der Waals surface area contributed by atoms with Gasteiger partial charge in [0.05, 0.1) is 0 Å². The third-order valence-electron chi connectivity index (χ3n) is 6.13. The molecular formula is C23H38. The average Bonchev–Trinajstić information content (AvgIpc) is 2.60. The van der Waals surface area contributed by atoms with Crippen LogP contribution in [0.5, 0.6) is 0 Å². The second kappa shape index (κ2) is 9.50. The van der Waals surface area contributed by atoms with Crippen molar-refractivity contribution in [3.8, 4) is 0 Å². The molecule has 1 aromatic carbocycles. The molecule has 0 N–H and O–H groups in total. The zero-order chi connectivity index (χ0) is 16.7. The molecule has 0 saturated heterocycles. The van der Waals surface area contributed by atoms with Crippen molar-refractivity contribution in [3.63, 3.8) is 0 Å². The number of benzene rings is 1. The number of hydrogen-bond donors (Lipinski definition) is 0. The van der Waals surface area contributed by atoms with Gasteiger partial charge in [0.2, 0.25) is 0 Å². The molecule has 0 heterocycles. The summed E-state index contributed by atoms with van der Waals surface area (Å²) in [5.41, 5.74) is 3.17. The summed E-state index contributed by atoms with van der Waals surface area (Å²) in [5, 5.41) is 0. The molecule has 2 aliphatic rings. The molecule has 3 rings (SSSR count). The second-order valence-corrected chi connectivity index (χ2v) is 8.03. The van der Waals surface area contributed by atoms with Crippen molar-refractivity contribution >= 4 is 0 Å². The van der Waals surface area contributed by atoms with Crippen molar-refractivity contribution in [3.05, 3.63) is 35.4 Å². The lowest BCUT2D eigenvalue weighted by atomic mass is 9.78. The SMILES string of the molecule is CC.CC1CCC(Cc2ccc(C3CCC(C)CC3)cc2)CC1. The number of rotatable bonds is 3. The Morgan fingerprint density at radius 1 is 0.696 bits per heavy atom. The fourth-order valence-corrected chi connectivity index (χ4v) is 4.39. The molecule has 0 nitrogen and oxygen atoms in total. The van der Waals surface area contributed by atoms with Gasteiger partial charge in [-0.25, -0.2) is 0 Å². The van der Waals surface area contributed by atoms with E-state index in [9.17, 15) is 0 Å². The normalized spacial score (nSPS) is 31.1. The highest BCUT2D eigenvalue weighted by Gasteiger charge is 2.20. The molecule has 0 aliphatic heterocycles. The van der Waals surface area contributed by atoms with Gasteiger partial charge < -0.3 is 0 Å². The molecular weight excluding hydrogens is 276 g/mol.